The van der Waals surface area contributed by atoms with Crippen LogP contribution in [0.25, 0.3) is 10.2 Å². The van der Waals surface area contributed by atoms with Crippen LogP contribution in [0.15, 0.2) is 12.1 Å². The Morgan fingerprint density at radius 3 is 2.56 bits per heavy atom. The number of anilines is 1. The summed E-state index contributed by atoms with van der Waals surface area (Å²) in [4.78, 5) is 15.6. The molecular formula is C9H3Cl5N2OS. The summed E-state index contributed by atoms with van der Waals surface area (Å²) in [7, 11) is 0. The summed E-state index contributed by atoms with van der Waals surface area (Å²) < 4.78 is -1.31. The zero-order valence-electron chi connectivity index (χ0n) is 8.31. The van der Waals surface area contributed by atoms with Crippen molar-refractivity contribution >= 4 is 90.6 Å². The minimum atomic E-state index is -2.04. The van der Waals surface area contributed by atoms with Crippen molar-refractivity contribution in [3.8, 4) is 0 Å². The largest absolute Gasteiger partial charge is 0.298 e. The Morgan fingerprint density at radius 2 is 1.94 bits per heavy atom. The van der Waals surface area contributed by atoms with Crippen molar-refractivity contribution in [2.75, 3.05) is 5.32 Å². The highest BCUT2D eigenvalue weighted by atomic mass is 35.6. The van der Waals surface area contributed by atoms with Crippen LogP contribution in [-0.2, 0) is 4.79 Å². The van der Waals surface area contributed by atoms with Crippen LogP contribution >= 0.6 is 69.3 Å². The van der Waals surface area contributed by atoms with E-state index in [0.717, 1.165) is 4.70 Å². The number of aromatic nitrogens is 1. The molecule has 9 heteroatoms. The van der Waals surface area contributed by atoms with E-state index in [1.807, 2.05) is 0 Å². The Hall–Kier alpha value is 0.0300. The van der Waals surface area contributed by atoms with Gasteiger partial charge in [0, 0.05) is 5.02 Å². The van der Waals surface area contributed by atoms with Gasteiger partial charge in [0.1, 0.15) is 5.52 Å². The molecule has 1 amide bonds. The standard InChI is InChI=1S/C9H3Cl5N2OS/c10-3-1-4(11)6-5(2-3)18-8(15-6)16-7(17)9(12,13)14/h1-2H,(H,15,16,17). The molecule has 0 aliphatic heterocycles. The van der Waals surface area contributed by atoms with Crippen molar-refractivity contribution in [1.29, 1.82) is 0 Å². The Labute approximate surface area is 131 Å². The van der Waals surface area contributed by atoms with Crippen LogP contribution in [0.2, 0.25) is 10.0 Å². The molecule has 1 aromatic carbocycles. The first kappa shape index (κ1) is 14.4. The van der Waals surface area contributed by atoms with Gasteiger partial charge in [0.25, 0.3) is 9.70 Å². The average molecular weight is 364 g/mol. The molecule has 2 aromatic rings. The third-order valence-corrected chi connectivity index (χ3v) is 3.83. The Bertz CT molecular complexity index is 621. The van der Waals surface area contributed by atoms with Gasteiger partial charge in [-0.2, -0.15) is 0 Å². The first-order valence-electron chi connectivity index (χ1n) is 4.41. The minimum absolute atomic E-state index is 0.283. The molecule has 0 aliphatic rings. The van der Waals surface area contributed by atoms with E-state index in [0.29, 0.717) is 15.6 Å². The molecule has 1 heterocycles. The quantitative estimate of drug-likeness (QED) is 0.731. The van der Waals surface area contributed by atoms with Gasteiger partial charge in [0.15, 0.2) is 5.13 Å². The fourth-order valence-corrected chi connectivity index (χ4v) is 2.90. The Kier molecular flexibility index (Phi) is 4.17. The van der Waals surface area contributed by atoms with Crippen LogP contribution in [0, 0.1) is 0 Å². The summed E-state index contributed by atoms with van der Waals surface area (Å²) >= 11 is 29.3. The van der Waals surface area contributed by atoms with E-state index < -0.39 is 9.70 Å². The van der Waals surface area contributed by atoms with Gasteiger partial charge < -0.3 is 0 Å². The molecule has 0 bridgehead atoms. The van der Waals surface area contributed by atoms with Gasteiger partial charge in [-0.3, -0.25) is 10.1 Å². The van der Waals surface area contributed by atoms with Crippen molar-refractivity contribution < 1.29 is 4.79 Å². The second kappa shape index (κ2) is 5.19. The monoisotopic (exact) mass is 362 g/mol. The predicted molar refractivity (Wildman–Crippen MR) is 78.6 cm³/mol. The van der Waals surface area contributed by atoms with Gasteiger partial charge in [-0.15, -0.1) is 0 Å². The molecule has 0 saturated carbocycles. The van der Waals surface area contributed by atoms with E-state index in [1.165, 1.54) is 11.3 Å². The van der Waals surface area contributed by atoms with E-state index in [1.54, 1.807) is 12.1 Å². The number of alkyl halides is 3. The van der Waals surface area contributed by atoms with Crippen molar-refractivity contribution in [2.24, 2.45) is 0 Å². The summed E-state index contributed by atoms with van der Waals surface area (Å²) in [6.07, 6.45) is 0. The van der Waals surface area contributed by atoms with Gasteiger partial charge in [-0.1, -0.05) is 69.3 Å². The molecule has 0 saturated heterocycles. The molecule has 1 N–H and O–H groups in total. The lowest BCUT2D eigenvalue weighted by molar-refractivity contribution is -0.115. The number of carbonyl (C=O) groups is 1. The molecule has 0 spiro atoms. The van der Waals surface area contributed by atoms with Gasteiger partial charge in [-0.25, -0.2) is 4.98 Å². The lowest BCUT2D eigenvalue weighted by atomic mass is 10.3. The fraction of sp³-hybridized carbons (Fsp3) is 0.111. The first-order valence-corrected chi connectivity index (χ1v) is 7.12. The molecule has 18 heavy (non-hydrogen) atoms. The van der Waals surface area contributed by atoms with Crippen LogP contribution in [-0.4, -0.2) is 14.7 Å². The summed E-state index contributed by atoms with van der Waals surface area (Å²) in [5.41, 5.74) is 0.533. The molecule has 0 radical (unpaired) electrons. The second-order valence-corrected chi connectivity index (χ2v) is 7.36. The minimum Gasteiger partial charge on any atom is -0.298 e. The molecule has 0 aliphatic carbocycles. The number of thiazole rings is 1. The first-order chi connectivity index (χ1) is 8.27. The number of fused-ring (bicyclic) bond motifs is 1. The normalized spacial score (nSPS) is 11.8. The van der Waals surface area contributed by atoms with Gasteiger partial charge in [0.2, 0.25) is 0 Å². The molecule has 96 valence electrons. The maximum Gasteiger partial charge on any atom is 0.278 e. The third kappa shape index (κ3) is 3.13. The number of hydrogen-bond acceptors (Lipinski definition) is 3. The third-order valence-electron chi connectivity index (χ3n) is 1.89. The topological polar surface area (TPSA) is 42.0 Å². The predicted octanol–water partition coefficient (Wildman–Crippen LogP) is 4.91. The van der Waals surface area contributed by atoms with Crippen molar-refractivity contribution in [2.45, 2.75) is 3.79 Å². The van der Waals surface area contributed by atoms with Crippen molar-refractivity contribution in [1.82, 2.24) is 4.98 Å². The number of nitrogens with zero attached hydrogens (tertiary/aromatic N) is 1. The number of halogens is 5. The molecule has 0 atom stereocenters. The molecular weight excluding hydrogens is 361 g/mol. The van der Waals surface area contributed by atoms with Crippen molar-refractivity contribution in [3.63, 3.8) is 0 Å². The molecule has 1 aromatic heterocycles. The number of rotatable bonds is 1. The summed E-state index contributed by atoms with van der Waals surface area (Å²) in [5.74, 6) is -0.784. The summed E-state index contributed by atoms with van der Waals surface area (Å²) in [6, 6.07) is 3.25. The van der Waals surface area contributed by atoms with Crippen molar-refractivity contribution in [3.05, 3.63) is 22.2 Å². The maximum atomic E-state index is 11.5. The van der Waals surface area contributed by atoms with Gasteiger partial charge in [-0.05, 0) is 12.1 Å². The van der Waals surface area contributed by atoms with Crippen LogP contribution in [0.1, 0.15) is 0 Å². The van der Waals surface area contributed by atoms with Crippen LogP contribution in [0.5, 0.6) is 0 Å². The van der Waals surface area contributed by atoms with Crippen LogP contribution in [0.3, 0.4) is 0 Å². The molecule has 0 unspecified atom stereocenters. The highest BCUT2D eigenvalue weighted by Gasteiger charge is 2.31. The number of carbonyl (C=O) groups excluding carboxylic acids is 1. The second-order valence-electron chi connectivity index (χ2n) is 3.21. The van der Waals surface area contributed by atoms with Gasteiger partial charge >= 0.3 is 0 Å². The number of hydrogen-bond donors (Lipinski definition) is 1. The van der Waals surface area contributed by atoms with Crippen LogP contribution < -0.4 is 5.32 Å². The van der Waals surface area contributed by atoms with E-state index in [2.05, 4.69) is 10.3 Å². The number of benzene rings is 1. The maximum absolute atomic E-state index is 11.5. The van der Waals surface area contributed by atoms with Crippen LogP contribution in [0.4, 0.5) is 5.13 Å². The summed E-state index contributed by atoms with van der Waals surface area (Å²) in [6.45, 7) is 0. The SMILES string of the molecule is O=C(Nc1nc2c(Cl)cc(Cl)cc2s1)C(Cl)(Cl)Cl. The average Bonchev–Trinajstić information content (AvgIpc) is 2.58. The highest BCUT2D eigenvalue weighted by Crippen LogP contribution is 2.35. The zero-order valence-corrected chi connectivity index (χ0v) is 12.9. The lowest BCUT2D eigenvalue weighted by Crippen LogP contribution is -2.26. The molecule has 2 rings (SSSR count). The summed E-state index contributed by atoms with van der Waals surface area (Å²) in [5, 5.41) is 3.55. The van der Waals surface area contributed by atoms with E-state index in [-0.39, 0.29) is 5.13 Å². The van der Waals surface area contributed by atoms with E-state index in [4.69, 9.17) is 58.0 Å². The fourth-order valence-electron chi connectivity index (χ4n) is 1.18. The number of amides is 1. The number of nitrogens with one attached hydrogen (secondary N) is 1. The smallest absolute Gasteiger partial charge is 0.278 e. The van der Waals surface area contributed by atoms with E-state index >= 15 is 0 Å². The van der Waals surface area contributed by atoms with E-state index in [9.17, 15) is 4.79 Å². The lowest BCUT2D eigenvalue weighted by Gasteiger charge is -2.08. The molecule has 3 nitrogen and oxygen atoms in total. The van der Waals surface area contributed by atoms with Gasteiger partial charge in [0.05, 0.1) is 9.72 Å². The highest BCUT2D eigenvalue weighted by molar-refractivity contribution is 7.22. The Morgan fingerprint density at radius 1 is 1.28 bits per heavy atom. The zero-order chi connectivity index (χ0) is 13.5. The Balaban J connectivity index is 2.37. The molecule has 0 fully saturated rings.